The van der Waals surface area contributed by atoms with Crippen molar-refractivity contribution < 1.29 is 23.7 Å². The molecule has 2 saturated heterocycles. The Morgan fingerprint density at radius 3 is 2.43 bits per heavy atom. The second-order valence-electron chi connectivity index (χ2n) is 7.79. The van der Waals surface area contributed by atoms with Gasteiger partial charge in [0, 0.05) is 13.0 Å². The van der Waals surface area contributed by atoms with Crippen LogP contribution in [0.15, 0.2) is 30.4 Å². The SMILES string of the molecule is C=C(COC1CCCCO1)CC(C)c1ccc(OC2CCCCO2)c(OC)c1. The summed E-state index contributed by atoms with van der Waals surface area (Å²) in [7, 11) is 1.68. The van der Waals surface area contributed by atoms with Crippen molar-refractivity contribution in [2.24, 2.45) is 0 Å². The van der Waals surface area contributed by atoms with E-state index in [2.05, 4.69) is 25.6 Å². The predicted octanol–water partition coefficient (Wildman–Crippen LogP) is 5.19. The van der Waals surface area contributed by atoms with Gasteiger partial charge in [0.2, 0.25) is 0 Å². The van der Waals surface area contributed by atoms with E-state index in [-0.39, 0.29) is 12.6 Å². The maximum absolute atomic E-state index is 6.00. The second-order valence-corrected chi connectivity index (χ2v) is 7.79. The van der Waals surface area contributed by atoms with E-state index in [1.807, 2.05) is 6.07 Å². The molecule has 1 aromatic carbocycles. The Labute approximate surface area is 169 Å². The average molecular weight is 391 g/mol. The Bertz CT molecular complexity index is 617. The van der Waals surface area contributed by atoms with Gasteiger partial charge in [0.25, 0.3) is 0 Å². The minimum Gasteiger partial charge on any atom is -0.493 e. The maximum atomic E-state index is 6.00. The second kappa shape index (κ2) is 10.8. The quantitative estimate of drug-likeness (QED) is 0.543. The highest BCUT2D eigenvalue weighted by atomic mass is 16.7. The van der Waals surface area contributed by atoms with Crippen LogP contribution in [0.2, 0.25) is 0 Å². The summed E-state index contributed by atoms with van der Waals surface area (Å²) in [5.74, 6) is 1.80. The van der Waals surface area contributed by atoms with Crippen molar-refractivity contribution in [3.63, 3.8) is 0 Å². The zero-order chi connectivity index (χ0) is 19.8. The fourth-order valence-corrected chi connectivity index (χ4v) is 3.70. The summed E-state index contributed by atoms with van der Waals surface area (Å²) in [4.78, 5) is 0. The van der Waals surface area contributed by atoms with Gasteiger partial charge in [0.1, 0.15) is 0 Å². The Hall–Kier alpha value is -1.56. The van der Waals surface area contributed by atoms with Crippen molar-refractivity contribution in [1.29, 1.82) is 0 Å². The van der Waals surface area contributed by atoms with E-state index in [9.17, 15) is 0 Å². The molecule has 0 aliphatic carbocycles. The smallest absolute Gasteiger partial charge is 0.200 e. The van der Waals surface area contributed by atoms with Crippen molar-refractivity contribution in [1.82, 2.24) is 0 Å². The van der Waals surface area contributed by atoms with Gasteiger partial charge in [-0.05, 0) is 62.1 Å². The molecule has 2 aliphatic heterocycles. The van der Waals surface area contributed by atoms with E-state index in [0.29, 0.717) is 12.5 Å². The maximum Gasteiger partial charge on any atom is 0.200 e. The van der Waals surface area contributed by atoms with E-state index in [1.54, 1.807) is 7.11 Å². The van der Waals surface area contributed by atoms with Gasteiger partial charge in [-0.1, -0.05) is 25.1 Å². The molecule has 0 spiro atoms. The highest BCUT2D eigenvalue weighted by Crippen LogP contribution is 2.34. The first kappa shape index (κ1) is 21.2. The lowest BCUT2D eigenvalue weighted by Gasteiger charge is -2.25. The van der Waals surface area contributed by atoms with Gasteiger partial charge in [-0.25, -0.2) is 0 Å². The molecule has 2 aliphatic rings. The lowest BCUT2D eigenvalue weighted by atomic mass is 9.94. The molecule has 0 radical (unpaired) electrons. The monoisotopic (exact) mass is 390 g/mol. The van der Waals surface area contributed by atoms with Crippen LogP contribution in [0, 0.1) is 0 Å². The molecule has 5 nitrogen and oxygen atoms in total. The average Bonchev–Trinajstić information content (AvgIpc) is 2.74. The summed E-state index contributed by atoms with van der Waals surface area (Å²) in [5, 5.41) is 0. The molecule has 0 N–H and O–H groups in total. The van der Waals surface area contributed by atoms with Crippen molar-refractivity contribution in [2.75, 3.05) is 26.9 Å². The normalized spacial score (nSPS) is 23.8. The third-order valence-corrected chi connectivity index (χ3v) is 5.36. The Morgan fingerprint density at radius 1 is 1.07 bits per heavy atom. The molecular formula is C23H34O5. The molecule has 1 aromatic rings. The van der Waals surface area contributed by atoms with Crippen molar-refractivity contribution in [2.45, 2.75) is 70.4 Å². The summed E-state index contributed by atoms with van der Waals surface area (Å²) >= 11 is 0. The van der Waals surface area contributed by atoms with Gasteiger partial charge in [0.15, 0.2) is 24.1 Å². The summed E-state index contributed by atoms with van der Waals surface area (Å²) in [6.07, 6.45) is 7.07. The first-order valence-electron chi connectivity index (χ1n) is 10.5. The Balaban J connectivity index is 1.52. The molecule has 0 aromatic heterocycles. The third kappa shape index (κ3) is 6.23. The predicted molar refractivity (Wildman–Crippen MR) is 109 cm³/mol. The van der Waals surface area contributed by atoms with Crippen LogP contribution in [0.25, 0.3) is 0 Å². The Kier molecular flexibility index (Phi) is 8.19. The molecule has 156 valence electrons. The molecule has 0 bridgehead atoms. The molecule has 3 rings (SSSR count). The number of benzene rings is 1. The lowest BCUT2D eigenvalue weighted by Crippen LogP contribution is -2.25. The summed E-state index contributed by atoms with van der Waals surface area (Å²) in [6.45, 7) is 8.49. The number of hydrogen-bond acceptors (Lipinski definition) is 5. The molecule has 28 heavy (non-hydrogen) atoms. The van der Waals surface area contributed by atoms with Gasteiger partial charge >= 0.3 is 0 Å². The van der Waals surface area contributed by atoms with Crippen LogP contribution in [0.4, 0.5) is 0 Å². The highest BCUT2D eigenvalue weighted by Gasteiger charge is 2.19. The zero-order valence-corrected chi connectivity index (χ0v) is 17.3. The molecule has 0 saturated carbocycles. The van der Waals surface area contributed by atoms with Crippen LogP contribution in [-0.2, 0) is 14.2 Å². The minimum atomic E-state index is -0.176. The number of methoxy groups -OCH3 is 1. The van der Waals surface area contributed by atoms with Gasteiger partial charge < -0.3 is 23.7 Å². The van der Waals surface area contributed by atoms with Crippen molar-refractivity contribution >= 4 is 0 Å². The first-order chi connectivity index (χ1) is 13.7. The van der Waals surface area contributed by atoms with E-state index >= 15 is 0 Å². The fourth-order valence-electron chi connectivity index (χ4n) is 3.70. The lowest BCUT2D eigenvalue weighted by molar-refractivity contribution is -0.157. The van der Waals surface area contributed by atoms with Crippen LogP contribution >= 0.6 is 0 Å². The molecule has 2 heterocycles. The summed E-state index contributed by atoms with van der Waals surface area (Å²) < 4.78 is 28.7. The van der Waals surface area contributed by atoms with Gasteiger partial charge in [-0.15, -0.1) is 0 Å². The highest BCUT2D eigenvalue weighted by molar-refractivity contribution is 5.44. The van der Waals surface area contributed by atoms with Crippen LogP contribution in [-0.4, -0.2) is 39.5 Å². The number of rotatable bonds is 9. The number of hydrogen-bond donors (Lipinski definition) is 0. The topological polar surface area (TPSA) is 46.2 Å². The molecule has 2 fully saturated rings. The van der Waals surface area contributed by atoms with E-state index in [4.69, 9.17) is 23.7 Å². The van der Waals surface area contributed by atoms with Gasteiger partial charge in [0.05, 0.1) is 20.3 Å². The van der Waals surface area contributed by atoms with E-state index in [1.165, 1.54) is 12.0 Å². The molecular weight excluding hydrogens is 356 g/mol. The molecule has 5 heteroatoms. The molecule has 0 amide bonds. The van der Waals surface area contributed by atoms with Crippen molar-refractivity contribution in [3.05, 3.63) is 35.9 Å². The zero-order valence-electron chi connectivity index (χ0n) is 17.3. The standard InChI is InChI=1S/C23H34O5/c1-17(16-27-22-8-4-6-12-25-22)14-18(2)19-10-11-20(21(15-19)24-3)28-23-9-5-7-13-26-23/h10-11,15,18,22-23H,1,4-9,12-14,16H2,2-3H3. The molecule has 3 atom stereocenters. The summed E-state index contributed by atoms with van der Waals surface area (Å²) in [6, 6.07) is 6.14. The largest absolute Gasteiger partial charge is 0.493 e. The first-order valence-corrected chi connectivity index (χ1v) is 10.5. The van der Waals surface area contributed by atoms with Crippen molar-refractivity contribution in [3.8, 4) is 11.5 Å². The van der Waals surface area contributed by atoms with E-state index < -0.39 is 0 Å². The van der Waals surface area contributed by atoms with Crippen LogP contribution in [0.1, 0.15) is 63.4 Å². The van der Waals surface area contributed by atoms with Gasteiger partial charge in [-0.2, -0.15) is 0 Å². The third-order valence-electron chi connectivity index (χ3n) is 5.36. The molecule has 3 unspecified atom stereocenters. The number of ether oxygens (including phenoxy) is 5. The van der Waals surface area contributed by atoms with Gasteiger partial charge in [-0.3, -0.25) is 0 Å². The van der Waals surface area contributed by atoms with E-state index in [0.717, 1.165) is 68.8 Å². The summed E-state index contributed by atoms with van der Waals surface area (Å²) in [5.41, 5.74) is 2.28. The van der Waals surface area contributed by atoms with Crippen LogP contribution in [0.3, 0.4) is 0 Å². The van der Waals surface area contributed by atoms with Crippen LogP contribution in [0.5, 0.6) is 11.5 Å². The Morgan fingerprint density at radius 2 is 1.79 bits per heavy atom. The fraction of sp³-hybridized carbons (Fsp3) is 0.652. The minimum absolute atomic E-state index is 0.0701. The van der Waals surface area contributed by atoms with Crippen LogP contribution < -0.4 is 9.47 Å².